The minimum absolute atomic E-state index is 0.0189. The predicted molar refractivity (Wildman–Crippen MR) is 126 cm³/mol. The van der Waals surface area contributed by atoms with E-state index in [4.69, 9.17) is 4.74 Å². The molecule has 1 aliphatic rings. The molecule has 33 heavy (non-hydrogen) atoms. The Morgan fingerprint density at radius 1 is 1.06 bits per heavy atom. The number of hydrogen-bond donors (Lipinski definition) is 0. The van der Waals surface area contributed by atoms with Gasteiger partial charge in [-0.3, -0.25) is 14.3 Å². The Labute approximate surface area is 197 Å². The summed E-state index contributed by atoms with van der Waals surface area (Å²) in [6.45, 7) is 4.24. The summed E-state index contributed by atoms with van der Waals surface area (Å²) in [5.41, 5.74) is 1.65. The van der Waals surface area contributed by atoms with E-state index in [1.807, 2.05) is 65.7 Å². The fourth-order valence-corrected chi connectivity index (χ4v) is 4.78. The minimum Gasteiger partial charge on any atom is -0.378 e. The highest BCUT2D eigenvalue weighted by atomic mass is 32.2. The lowest BCUT2D eigenvalue weighted by Gasteiger charge is -2.30. The first-order valence-corrected chi connectivity index (χ1v) is 11.8. The zero-order valence-electron chi connectivity index (χ0n) is 19.0. The highest BCUT2D eigenvalue weighted by Gasteiger charge is 2.31. The number of halogens is 1. The summed E-state index contributed by atoms with van der Waals surface area (Å²) in [6, 6.07) is 15.9. The molecule has 9 heteroatoms. The van der Waals surface area contributed by atoms with Gasteiger partial charge < -0.3 is 9.64 Å². The Balaban J connectivity index is 1.75. The molecule has 0 bridgehead atoms. The molecule has 1 saturated heterocycles. The van der Waals surface area contributed by atoms with Crippen LogP contribution in [0.2, 0.25) is 0 Å². The van der Waals surface area contributed by atoms with Crippen LogP contribution in [0.25, 0.3) is 5.69 Å². The molecule has 174 valence electrons. The van der Waals surface area contributed by atoms with Crippen LogP contribution < -0.4 is 0 Å². The van der Waals surface area contributed by atoms with Gasteiger partial charge in [0.25, 0.3) is 0 Å². The highest BCUT2D eigenvalue weighted by molar-refractivity contribution is 8.00. The Bertz CT molecular complexity index is 1070. The van der Waals surface area contributed by atoms with Crippen LogP contribution in [0.4, 0.5) is 4.39 Å². The number of amides is 1. The van der Waals surface area contributed by atoms with Gasteiger partial charge in [0.05, 0.1) is 19.3 Å². The smallest absolute Gasteiger partial charge is 0.240 e. The summed E-state index contributed by atoms with van der Waals surface area (Å²) in [5.74, 6) is 0.429. The van der Waals surface area contributed by atoms with Gasteiger partial charge in [-0.25, -0.2) is 4.39 Å². The monoisotopic (exact) mass is 469 g/mol. The molecule has 4 rings (SSSR count). The Kier molecular flexibility index (Phi) is 7.42. The Hall–Kier alpha value is -2.75. The van der Waals surface area contributed by atoms with E-state index < -0.39 is 5.25 Å². The van der Waals surface area contributed by atoms with E-state index in [1.165, 1.54) is 23.9 Å². The SMILES string of the molecule is C[C@@H](c1nnc(S[C@@H](C(=O)N2CCOCC2)c2ccccc2)n1-c1ccc(F)cc1)N(C)C. The second-order valence-corrected chi connectivity index (χ2v) is 9.21. The van der Waals surface area contributed by atoms with E-state index in [0.29, 0.717) is 31.5 Å². The average molecular weight is 470 g/mol. The van der Waals surface area contributed by atoms with E-state index in [0.717, 1.165) is 17.1 Å². The van der Waals surface area contributed by atoms with Crippen molar-refractivity contribution in [1.29, 1.82) is 0 Å². The van der Waals surface area contributed by atoms with Crippen molar-refractivity contribution in [2.75, 3.05) is 40.4 Å². The van der Waals surface area contributed by atoms with Crippen LogP contribution in [-0.2, 0) is 9.53 Å². The first kappa shape index (κ1) is 23.4. The van der Waals surface area contributed by atoms with Gasteiger partial charge in [-0.15, -0.1) is 10.2 Å². The van der Waals surface area contributed by atoms with Gasteiger partial charge in [0.1, 0.15) is 11.1 Å². The molecule has 0 saturated carbocycles. The minimum atomic E-state index is -0.491. The quantitative estimate of drug-likeness (QED) is 0.492. The molecule has 0 spiro atoms. The number of thioether (sulfide) groups is 1. The number of ether oxygens (including phenoxy) is 1. The maximum atomic E-state index is 13.6. The summed E-state index contributed by atoms with van der Waals surface area (Å²) in [6.07, 6.45) is 0. The summed E-state index contributed by atoms with van der Waals surface area (Å²) < 4.78 is 21.0. The zero-order chi connectivity index (χ0) is 23.4. The van der Waals surface area contributed by atoms with Crippen molar-refractivity contribution in [3.8, 4) is 5.69 Å². The van der Waals surface area contributed by atoms with Crippen molar-refractivity contribution in [2.45, 2.75) is 23.4 Å². The number of carbonyl (C=O) groups is 1. The third-order valence-electron chi connectivity index (χ3n) is 5.76. The third-order valence-corrected chi connectivity index (χ3v) is 6.95. The first-order valence-electron chi connectivity index (χ1n) is 10.9. The molecule has 0 aliphatic carbocycles. The van der Waals surface area contributed by atoms with Crippen molar-refractivity contribution in [3.05, 3.63) is 71.8 Å². The van der Waals surface area contributed by atoms with Gasteiger partial charge >= 0.3 is 0 Å². The van der Waals surface area contributed by atoms with Crippen molar-refractivity contribution < 1.29 is 13.9 Å². The number of benzene rings is 2. The molecule has 1 aromatic heterocycles. The maximum Gasteiger partial charge on any atom is 0.240 e. The Morgan fingerprint density at radius 3 is 2.36 bits per heavy atom. The first-order chi connectivity index (χ1) is 16.0. The van der Waals surface area contributed by atoms with Gasteiger partial charge in [0, 0.05) is 18.8 Å². The summed E-state index contributed by atoms with van der Waals surface area (Å²) >= 11 is 1.36. The molecule has 3 aromatic rings. The van der Waals surface area contributed by atoms with Crippen LogP contribution in [0.1, 0.15) is 29.6 Å². The topological polar surface area (TPSA) is 63.5 Å². The van der Waals surface area contributed by atoms with Crippen molar-refractivity contribution >= 4 is 17.7 Å². The van der Waals surface area contributed by atoms with Crippen LogP contribution in [0.15, 0.2) is 59.8 Å². The normalized spacial score (nSPS) is 16.1. The van der Waals surface area contributed by atoms with Gasteiger partial charge in [-0.1, -0.05) is 42.1 Å². The van der Waals surface area contributed by atoms with Crippen LogP contribution in [0.5, 0.6) is 0 Å². The lowest BCUT2D eigenvalue weighted by atomic mass is 10.1. The van der Waals surface area contributed by atoms with Crippen LogP contribution in [0.3, 0.4) is 0 Å². The molecule has 7 nitrogen and oxygen atoms in total. The van der Waals surface area contributed by atoms with Gasteiger partial charge in [0.2, 0.25) is 5.91 Å². The molecule has 1 amide bonds. The molecule has 1 aliphatic heterocycles. The maximum absolute atomic E-state index is 13.6. The summed E-state index contributed by atoms with van der Waals surface area (Å²) in [4.78, 5) is 17.5. The number of carbonyl (C=O) groups excluding carboxylic acids is 1. The molecule has 2 aromatic carbocycles. The average Bonchev–Trinajstić information content (AvgIpc) is 3.26. The van der Waals surface area contributed by atoms with Crippen LogP contribution in [0, 0.1) is 5.82 Å². The van der Waals surface area contributed by atoms with Gasteiger partial charge in [-0.2, -0.15) is 0 Å². The van der Waals surface area contributed by atoms with Crippen molar-refractivity contribution in [1.82, 2.24) is 24.6 Å². The van der Waals surface area contributed by atoms with Crippen molar-refractivity contribution in [2.24, 2.45) is 0 Å². The molecular formula is C24H28FN5O2S. The van der Waals surface area contributed by atoms with E-state index in [2.05, 4.69) is 10.2 Å². The second-order valence-electron chi connectivity index (χ2n) is 8.14. The molecule has 2 heterocycles. The largest absolute Gasteiger partial charge is 0.378 e. The predicted octanol–water partition coefficient (Wildman–Crippen LogP) is 3.72. The fraction of sp³-hybridized carbons (Fsp3) is 0.375. The zero-order valence-corrected chi connectivity index (χ0v) is 19.8. The molecule has 0 radical (unpaired) electrons. The number of rotatable bonds is 7. The van der Waals surface area contributed by atoms with Gasteiger partial charge in [0.15, 0.2) is 11.0 Å². The van der Waals surface area contributed by atoms with E-state index in [-0.39, 0.29) is 17.8 Å². The Morgan fingerprint density at radius 2 is 1.73 bits per heavy atom. The van der Waals surface area contributed by atoms with E-state index in [9.17, 15) is 9.18 Å². The number of morpholine rings is 1. The lowest BCUT2D eigenvalue weighted by molar-refractivity contribution is -0.134. The van der Waals surface area contributed by atoms with Crippen molar-refractivity contribution in [3.63, 3.8) is 0 Å². The number of nitrogens with zero attached hydrogens (tertiary/aromatic N) is 5. The molecule has 1 fully saturated rings. The standard InChI is InChI=1S/C24H28FN5O2S/c1-17(28(2)3)22-26-27-24(30(22)20-11-9-19(25)10-12-20)33-21(18-7-5-4-6-8-18)23(31)29-13-15-32-16-14-29/h4-12,17,21H,13-16H2,1-3H3/t17-,21+/m0/s1. The molecular weight excluding hydrogens is 441 g/mol. The summed E-state index contributed by atoms with van der Waals surface area (Å²) in [5, 5.41) is 9.03. The summed E-state index contributed by atoms with van der Waals surface area (Å²) in [7, 11) is 3.94. The van der Waals surface area contributed by atoms with E-state index in [1.54, 1.807) is 12.1 Å². The highest BCUT2D eigenvalue weighted by Crippen LogP contribution is 2.38. The molecule has 0 N–H and O–H groups in total. The lowest BCUT2D eigenvalue weighted by Crippen LogP contribution is -2.42. The number of aromatic nitrogens is 3. The third kappa shape index (κ3) is 5.26. The van der Waals surface area contributed by atoms with Crippen LogP contribution >= 0.6 is 11.8 Å². The number of hydrogen-bond acceptors (Lipinski definition) is 6. The van der Waals surface area contributed by atoms with E-state index >= 15 is 0 Å². The molecule has 0 unspecified atom stereocenters. The fourth-order valence-electron chi connectivity index (χ4n) is 3.64. The second kappa shape index (κ2) is 10.5. The van der Waals surface area contributed by atoms with Gasteiger partial charge in [-0.05, 0) is 50.8 Å². The van der Waals surface area contributed by atoms with Crippen LogP contribution in [-0.4, -0.2) is 70.9 Å². The molecule has 2 atom stereocenters.